The molecule has 704 valence electrons. The number of carbonyl (C=O) groups excluding carboxylic acids is 2. The number of nitriles is 2. The molecule has 0 N–H and O–H groups in total. The molecule has 0 saturated carbocycles. The minimum Gasteiger partial charge on any atom is -0.337 e. The third-order valence-corrected chi connectivity index (χ3v) is 38.1. The van der Waals surface area contributed by atoms with E-state index in [0.717, 1.165) is 162 Å². The first kappa shape index (κ1) is 102. The molecule has 0 fully saturated rings. The summed E-state index contributed by atoms with van der Waals surface area (Å²) in [7, 11) is 0. The fourth-order valence-corrected chi connectivity index (χ4v) is 30.5. The molecule has 10 nitrogen and oxygen atoms in total. The number of halogens is 4. The predicted octanol–water partition coefficient (Wildman–Crippen LogP) is 40.1. The zero-order valence-corrected chi connectivity index (χ0v) is 88.6. The summed E-state index contributed by atoms with van der Waals surface area (Å²) in [5, 5.41) is 24.9. The zero-order chi connectivity index (χ0) is 93.6. The van der Waals surface area contributed by atoms with Crippen LogP contribution >= 0.6 is 126 Å². The van der Waals surface area contributed by atoms with E-state index in [9.17, 15) is 10.5 Å². The minimum absolute atomic E-state index is 0.142. The Morgan fingerprint density at radius 1 is 0.383 bits per heavy atom. The highest BCUT2D eigenvalue weighted by molar-refractivity contribution is 7.37. The number of Topliss-reactive ketones (excluding diaryl/α,β-unsaturated/α-hetero) is 2. The molecule has 21 heteroatoms. The minimum atomic E-state index is -0.259. The molecule has 0 aliphatic heterocycles. The number of fused-ring (bicyclic) bond motifs is 16. The molecular weight excluding hydrogens is 1860 g/mol. The van der Waals surface area contributed by atoms with Crippen molar-refractivity contribution in [2.24, 2.45) is 11.8 Å². The lowest BCUT2D eigenvalue weighted by atomic mass is 9.99. The van der Waals surface area contributed by atoms with Gasteiger partial charge in [-0.3, -0.25) is 9.59 Å². The summed E-state index contributed by atoms with van der Waals surface area (Å²) in [6.45, 7) is 37.0. The molecule has 0 spiro atoms. The molecule has 3 aromatic carbocycles. The maximum atomic E-state index is 15.1. The summed E-state index contributed by atoms with van der Waals surface area (Å²) in [6.07, 6.45) is 60.3. The van der Waals surface area contributed by atoms with Gasteiger partial charge in [0.2, 0.25) is 0 Å². The van der Waals surface area contributed by atoms with Crippen LogP contribution in [0.2, 0.25) is 20.1 Å². The van der Waals surface area contributed by atoms with Gasteiger partial charge in [0.15, 0.2) is 11.6 Å². The number of nitrogens with zero attached hydrogens (tertiary/aromatic N) is 8. The first-order valence-electron chi connectivity index (χ1n) is 50.9. The first-order valence-corrected chi connectivity index (χ1v) is 58.1. The first-order chi connectivity index (χ1) is 65.1. The second kappa shape index (κ2) is 50.2. The Bertz CT molecular complexity index is 6030. The molecule has 2 unspecified atom stereocenters. The molecule has 0 radical (unpaired) electrons. The Labute approximate surface area is 839 Å². The van der Waals surface area contributed by atoms with Gasteiger partial charge < -0.3 is 9.13 Å². The highest BCUT2D eigenvalue weighted by Gasteiger charge is 2.39. The predicted molar refractivity (Wildman–Crippen MR) is 583 cm³/mol. The lowest BCUT2D eigenvalue weighted by Crippen LogP contribution is -2.13. The number of rotatable bonds is 56. The Morgan fingerprint density at radius 3 is 1.00 bits per heavy atom. The molecule has 14 rings (SSSR count). The maximum Gasteiger partial charge on any atom is 0.270 e. The number of allylic oxidation sites excluding steroid dienone is 6. The Kier molecular flexibility index (Phi) is 38.5. The van der Waals surface area contributed by atoms with Crippen molar-refractivity contribution in [1.82, 2.24) is 17.9 Å². The summed E-state index contributed by atoms with van der Waals surface area (Å²) in [4.78, 5) is 44.7. The molecular formula is C112H134Cl4N8O2S7. The van der Waals surface area contributed by atoms with E-state index in [1.807, 2.05) is 57.5 Å². The van der Waals surface area contributed by atoms with Gasteiger partial charge >= 0.3 is 0 Å². The number of hydrogen-bond donors (Lipinski definition) is 0. The number of ketones is 2. The van der Waals surface area contributed by atoms with Crippen molar-refractivity contribution in [3.63, 3.8) is 0 Å². The number of aromatic nitrogens is 4. The molecule has 2 aliphatic carbocycles. The number of hydrogen-bond acceptors (Lipinski definition) is 13. The molecule has 133 heavy (non-hydrogen) atoms. The van der Waals surface area contributed by atoms with Gasteiger partial charge in [0.25, 0.3) is 11.4 Å². The number of aryl methyl sites for hydroxylation is 4. The van der Waals surface area contributed by atoms with Gasteiger partial charge in [-0.15, -0.1) is 68.0 Å². The quantitative estimate of drug-likeness (QED) is 0.0162. The number of thiophene rings is 6. The number of benzene rings is 3. The van der Waals surface area contributed by atoms with Crippen LogP contribution in [0.3, 0.4) is 0 Å². The summed E-state index contributed by atoms with van der Waals surface area (Å²) in [6, 6.07) is 15.8. The summed E-state index contributed by atoms with van der Waals surface area (Å²) < 4.78 is 24.8. The third kappa shape index (κ3) is 23.0. The van der Waals surface area contributed by atoms with Crippen LogP contribution in [0.5, 0.6) is 0 Å². The monoisotopic (exact) mass is 1990 g/mol. The van der Waals surface area contributed by atoms with Gasteiger partial charge in [-0.1, -0.05) is 346 Å². The van der Waals surface area contributed by atoms with Crippen molar-refractivity contribution < 1.29 is 9.59 Å². The molecule has 0 amide bonds. The Balaban J connectivity index is 1.00. The van der Waals surface area contributed by atoms with Crippen LogP contribution in [0, 0.1) is 47.6 Å². The van der Waals surface area contributed by atoms with E-state index >= 15 is 9.59 Å². The normalized spacial score (nSPS) is 14.8. The smallest absolute Gasteiger partial charge is 0.270 e. The second-order valence-electron chi connectivity index (χ2n) is 37.8. The van der Waals surface area contributed by atoms with E-state index in [1.165, 1.54) is 294 Å². The molecule has 12 aromatic rings. The van der Waals surface area contributed by atoms with Crippen LogP contribution in [-0.4, -0.2) is 29.4 Å². The molecule has 9 heterocycles. The molecule has 0 bridgehead atoms. The van der Waals surface area contributed by atoms with Gasteiger partial charge in [0, 0.05) is 86.5 Å². The molecule has 0 saturated heterocycles. The fraction of sp³-hybridized carbons (Fsp3) is 0.536. The van der Waals surface area contributed by atoms with Crippen molar-refractivity contribution in [2.75, 3.05) is 0 Å². The fourth-order valence-electron chi connectivity index (χ4n) is 20.7. The summed E-state index contributed by atoms with van der Waals surface area (Å²) in [5.74, 6) is 0.282. The second-order valence-corrected chi connectivity index (χ2v) is 46.2. The van der Waals surface area contributed by atoms with Crippen LogP contribution in [-0.2, 0) is 38.8 Å². The van der Waals surface area contributed by atoms with Crippen molar-refractivity contribution in [3.05, 3.63) is 156 Å². The highest BCUT2D eigenvalue weighted by atomic mass is 35.5. The standard InChI is InChI=1S/C112H134Cl4N8O2S7/c1-11-19-25-29-33-37-41-45-49-55-73-59-91(127-89(73)65-81-93(87(67-117)119-9)77-61-83(113)85(115)63-79(77)103(81)125)105-75(57-51-47-43-39-35-31-27-21-13-3)107-111(129-105)101-109(131-107)95-97-98(122-133-121-97)96-100(99(95)123(101)69-71(17-7)53-23-15-5)124(70-72(18-8)54-24-16-6)102-110(96)132-108-76(58-52-48-44-40-36-32-28-22-14-4)106(130-112(102)108)92-60-74(56-50-46-42-38-34-30-26-20-12-2)90(128-92)66-82-94(88(68-118)120-10)78-62-84(114)86(116)64-80(78)104(82)126/h59-66,71-72H,11-58,69-70H2,1-8H3/b81-65-,82-66-,93-87-,94-88+. The summed E-state index contributed by atoms with van der Waals surface area (Å²) in [5.41, 5.74) is 15.1. The van der Waals surface area contributed by atoms with E-state index in [2.05, 4.69) is 98.5 Å². The van der Waals surface area contributed by atoms with Crippen LogP contribution in [0.15, 0.2) is 58.9 Å². The van der Waals surface area contributed by atoms with Gasteiger partial charge in [0.1, 0.15) is 11.0 Å². The van der Waals surface area contributed by atoms with E-state index < -0.39 is 0 Å². The van der Waals surface area contributed by atoms with Crippen LogP contribution in [0.4, 0.5) is 0 Å². The van der Waals surface area contributed by atoms with Crippen molar-refractivity contribution >= 4 is 233 Å². The van der Waals surface area contributed by atoms with Crippen LogP contribution in [0.25, 0.3) is 125 Å². The van der Waals surface area contributed by atoms with E-state index in [4.69, 9.17) is 68.3 Å². The van der Waals surface area contributed by atoms with Crippen LogP contribution in [0.1, 0.15) is 402 Å². The van der Waals surface area contributed by atoms with E-state index in [1.54, 1.807) is 46.9 Å². The largest absolute Gasteiger partial charge is 0.337 e. The topological polar surface area (TPSA) is 126 Å². The molecule has 2 atom stereocenters. The Morgan fingerprint density at radius 2 is 0.692 bits per heavy atom. The van der Waals surface area contributed by atoms with Crippen molar-refractivity contribution in [1.29, 1.82) is 10.5 Å². The summed E-state index contributed by atoms with van der Waals surface area (Å²) >= 11 is 39.8. The average Bonchev–Trinajstić information content (AvgIpc) is 1.50. The lowest BCUT2D eigenvalue weighted by molar-refractivity contribution is 0.103. The Hall–Kier alpha value is -6.78. The maximum absolute atomic E-state index is 15.1. The van der Waals surface area contributed by atoms with E-state index in [-0.39, 0.29) is 43.1 Å². The third-order valence-electron chi connectivity index (χ3n) is 28.3. The van der Waals surface area contributed by atoms with Crippen molar-refractivity contribution in [2.45, 2.75) is 377 Å². The SMILES string of the molecule is [C-]#[N+]/C(C#N)=C1\C(=C\c2sc(-c3sc4c(sc5c6c7nsnc7c7c8sc9c(CCCCCCCCCCC)c(-c%10cc(CCCCCCCCCCC)c(/C=C%11\C(=O)c%12cc(Cl)c(Cl)cc%12\C%11=C(\C#N)[N+]#[C-])s%10)sc9c8n(CC(CC)CCCC)c7c6n(CC(CC)CCCC)c45)c3CCCCCCCCCCC)cc2CCCCCCCCCCC)C(=O)c2cc(Cl)c(Cl)cc21. The lowest BCUT2D eigenvalue weighted by Gasteiger charge is -2.20. The number of carbonyl (C=O) groups is 2. The van der Waals surface area contributed by atoms with Crippen LogP contribution < -0.4 is 0 Å². The van der Waals surface area contributed by atoms with Gasteiger partial charge in [-0.25, -0.2) is 20.2 Å². The molecule has 2 aliphatic rings. The average molecular weight is 1990 g/mol. The van der Waals surface area contributed by atoms with E-state index in [0.29, 0.717) is 56.4 Å². The highest BCUT2D eigenvalue weighted by Crippen LogP contribution is 2.59. The zero-order valence-electron chi connectivity index (χ0n) is 79.9. The van der Waals surface area contributed by atoms with Gasteiger partial charge in [-0.05, 0) is 158 Å². The van der Waals surface area contributed by atoms with Gasteiger partial charge in [0.05, 0.1) is 107 Å². The van der Waals surface area contributed by atoms with Gasteiger partial charge in [-0.2, -0.15) is 8.75 Å². The number of unbranched alkanes of at least 4 members (excludes halogenated alkanes) is 34. The van der Waals surface area contributed by atoms with Crippen molar-refractivity contribution in [3.8, 4) is 31.6 Å². The molecule has 9 aromatic heterocycles.